The Balaban J connectivity index is 2.66. The molecule has 0 N–H and O–H groups in total. The summed E-state index contributed by atoms with van der Waals surface area (Å²) >= 11 is 0. The van der Waals surface area contributed by atoms with Gasteiger partial charge in [-0.25, -0.2) is 9.97 Å². The standard InChI is InChI=1S/C12H10N2O/c1-9-4-2-5-10(8-15)11(9)12-13-6-3-7-14-12/h2-8H,1H3. The fraction of sp³-hybridized carbons (Fsp3) is 0.0833. The normalized spacial score (nSPS) is 9.93. The summed E-state index contributed by atoms with van der Waals surface area (Å²) in [7, 11) is 0. The summed E-state index contributed by atoms with van der Waals surface area (Å²) in [6.45, 7) is 1.94. The molecule has 0 aliphatic heterocycles. The molecular weight excluding hydrogens is 188 g/mol. The number of nitrogens with zero attached hydrogens (tertiary/aromatic N) is 2. The van der Waals surface area contributed by atoms with E-state index in [2.05, 4.69) is 9.97 Å². The number of aldehydes is 1. The van der Waals surface area contributed by atoms with E-state index in [0.29, 0.717) is 11.4 Å². The molecule has 0 bridgehead atoms. The lowest BCUT2D eigenvalue weighted by molar-refractivity contribution is 0.112. The van der Waals surface area contributed by atoms with Gasteiger partial charge in [-0.2, -0.15) is 0 Å². The van der Waals surface area contributed by atoms with E-state index in [4.69, 9.17) is 0 Å². The van der Waals surface area contributed by atoms with Crippen molar-refractivity contribution in [2.24, 2.45) is 0 Å². The highest BCUT2D eigenvalue weighted by Crippen LogP contribution is 2.22. The number of hydrogen-bond donors (Lipinski definition) is 0. The highest BCUT2D eigenvalue weighted by Gasteiger charge is 2.08. The maximum Gasteiger partial charge on any atom is 0.160 e. The summed E-state index contributed by atoms with van der Waals surface area (Å²) < 4.78 is 0. The Kier molecular flexibility index (Phi) is 2.54. The zero-order chi connectivity index (χ0) is 10.7. The van der Waals surface area contributed by atoms with Gasteiger partial charge in [0.05, 0.1) is 0 Å². The highest BCUT2D eigenvalue weighted by molar-refractivity contribution is 5.87. The van der Waals surface area contributed by atoms with Crippen LogP contribution < -0.4 is 0 Å². The van der Waals surface area contributed by atoms with Gasteiger partial charge < -0.3 is 0 Å². The summed E-state index contributed by atoms with van der Waals surface area (Å²) in [4.78, 5) is 19.2. The fourth-order valence-corrected chi connectivity index (χ4v) is 1.52. The minimum Gasteiger partial charge on any atom is -0.298 e. The third kappa shape index (κ3) is 1.76. The molecule has 1 aromatic heterocycles. The molecule has 0 aliphatic carbocycles. The van der Waals surface area contributed by atoms with E-state index in [9.17, 15) is 4.79 Å². The van der Waals surface area contributed by atoms with Crippen molar-refractivity contribution in [1.82, 2.24) is 9.97 Å². The van der Waals surface area contributed by atoms with Crippen molar-refractivity contribution in [2.45, 2.75) is 6.92 Å². The van der Waals surface area contributed by atoms with E-state index in [1.165, 1.54) is 0 Å². The van der Waals surface area contributed by atoms with Crippen molar-refractivity contribution in [2.75, 3.05) is 0 Å². The molecule has 2 rings (SSSR count). The van der Waals surface area contributed by atoms with E-state index >= 15 is 0 Å². The zero-order valence-electron chi connectivity index (χ0n) is 8.34. The fourth-order valence-electron chi connectivity index (χ4n) is 1.52. The molecule has 0 amide bonds. The number of rotatable bonds is 2. The Bertz CT molecular complexity index is 480. The first-order valence-electron chi connectivity index (χ1n) is 4.65. The van der Waals surface area contributed by atoms with Crippen LogP contribution in [0.25, 0.3) is 11.4 Å². The second-order valence-electron chi connectivity index (χ2n) is 3.23. The van der Waals surface area contributed by atoms with Gasteiger partial charge in [0.2, 0.25) is 0 Å². The van der Waals surface area contributed by atoms with Crippen LogP contribution in [0.4, 0.5) is 0 Å². The molecule has 0 spiro atoms. The first kappa shape index (κ1) is 9.52. The smallest absolute Gasteiger partial charge is 0.160 e. The van der Waals surface area contributed by atoms with Gasteiger partial charge in [-0.15, -0.1) is 0 Å². The SMILES string of the molecule is Cc1cccc(C=O)c1-c1ncccn1. The van der Waals surface area contributed by atoms with Crippen LogP contribution in [-0.2, 0) is 0 Å². The Morgan fingerprint density at radius 1 is 1.13 bits per heavy atom. The molecule has 1 aromatic carbocycles. The van der Waals surface area contributed by atoms with Crippen LogP contribution in [0, 0.1) is 6.92 Å². The Morgan fingerprint density at radius 3 is 2.53 bits per heavy atom. The average molecular weight is 198 g/mol. The lowest BCUT2D eigenvalue weighted by Crippen LogP contribution is -1.95. The molecule has 15 heavy (non-hydrogen) atoms. The van der Waals surface area contributed by atoms with Crippen molar-refractivity contribution >= 4 is 6.29 Å². The van der Waals surface area contributed by atoms with Gasteiger partial charge in [0.1, 0.15) is 0 Å². The molecule has 74 valence electrons. The van der Waals surface area contributed by atoms with Crippen LogP contribution in [0.2, 0.25) is 0 Å². The molecule has 0 saturated carbocycles. The third-order valence-corrected chi connectivity index (χ3v) is 2.22. The number of aryl methyl sites for hydroxylation is 1. The summed E-state index contributed by atoms with van der Waals surface area (Å²) in [6, 6.07) is 7.32. The molecule has 0 fully saturated rings. The topological polar surface area (TPSA) is 42.9 Å². The number of hydrogen-bond acceptors (Lipinski definition) is 3. The molecule has 0 radical (unpaired) electrons. The van der Waals surface area contributed by atoms with Crippen molar-refractivity contribution in [1.29, 1.82) is 0 Å². The van der Waals surface area contributed by atoms with Crippen LogP contribution in [0.1, 0.15) is 15.9 Å². The Labute approximate surface area is 87.8 Å². The third-order valence-electron chi connectivity index (χ3n) is 2.22. The van der Waals surface area contributed by atoms with E-state index < -0.39 is 0 Å². The van der Waals surface area contributed by atoms with Gasteiger partial charge in [-0.1, -0.05) is 18.2 Å². The summed E-state index contributed by atoms with van der Waals surface area (Å²) in [5.41, 5.74) is 2.44. The van der Waals surface area contributed by atoms with Gasteiger partial charge >= 0.3 is 0 Å². The first-order chi connectivity index (χ1) is 7.33. The van der Waals surface area contributed by atoms with Crippen molar-refractivity contribution in [3.63, 3.8) is 0 Å². The maximum atomic E-state index is 10.9. The molecule has 0 unspecified atom stereocenters. The van der Waals surface area contributed by atoms with Crippen LogP contribution in [0.5, 0.6) is 0 Å². The minimum atomic E-state index is 0.595. The van der Waals surface area contributed by atoms with E-state index in [1.54, 1.807) is 24.5 Å². The highest BCUT2D eigenvalue weighted by atomic mass is 16.1. The van der Waals surface area contributed by atoms with Crippen molar-refractivity contribution in [3.05, 3.63) is 47.8 Å². The molecule has 0 saturated heterocycles. The molecule has 1 heterocycles. The lowest BCUT2D eigenvalue weighted by Gasteiger charge is -2.06. The predicted molar refractivity (Wildman–Crippen MR) is 57.6 cm³/mol. The van der Waals surface area contributed by atoms with Crippen LogP contribution >= 0.6 is 0 Å². The molecule has 0 atom stereocenters. The van der Waals surface area contributed by atoms with E-state index in [0.717, 1.165) is 17.4 Å². The predicted octanol–water partition coefficient (Wildman–Crippen LogP) is 2.26. The quantitative estimate of drug-likeness (QED) is 0.695. The second kappa shape index (κ2) is 4.00. The Morgan fingerprint density at radius 2 is 1.87 bits per heavy atom. The van der Waals surface area contributed by atoms with Gasteiger partial charge in [-0.3, -0.25) is 4.79 Å². The van der Waals surface area contributed by atoms with Gasteiger partial charge in [-0.05, 0) is 18.6 Å². The maximum absolute atomic E-state index is 10.9. The minimum absolute atomic E-state index is 0.595. The zero-order valence-corrected chi connectivity index (χ0v) is 8.34. The number of carbonyl (C=O) groups excluding carboxylic acids is 1. The summed E-state index contributed by atoms with van der Waals surface area (Å²) in [5, 5.41) is 0. The van der Waals surface area contributed by atoms with Gasteiger partial charge in [0.15, 0.2) is 12.1 Å². The Hall–Kier alpha value is -2.03. The number of carbonyl (C=O) groups is 1. The van der Waals surface area contributed by atoms with E-state index in [1.807, 2.05) is 19.1 Å². The largest absolute Gasteiger partial charge is 0.298 e. The molecule has 3 nitrogen and oxygen atoms in total. The summed E-state index contributed by atoms with van der Waals surface area (Å²) in [5.74, 6) is 0.595. The molecule has 2 aromatic rings. The average Bonchev–Trinajstić information content (AvgIpc) is 2.29. The van der Waals surface area contributed by atoms with Gasteiger partial charge in [0, 0.05) is 23.5 Å². The monoisotopic (exact) mass is 198 g/mol. The van der Waals surface area contributed by atoms with Crippen LogP contribution in [-0.4, -0.2) is 16.3 Å². The summed E-state index contributed by atoms with van der Waals surface area (Å²) in [6.07, 6.45) is 4.17. The van der Waals surface area contributed by atoms with Crippen LogP contribution in [0.15, 0.2) is 36.7 Å². The molecular formula is C12H10N2O. The molecule has 0 aliphatic rings. The van der Waals surface area contributed by atoms with Gasteiger partial charge in [0.25, 0.3) is 0 Å². The van der Waals surface area contributed by atoms with Crippen molar-refractivity contribution in [3.8, 4) is 11.4 Å². The number of aromatic nitrogens is 2. The first-order valence-corrected chi connectivity index (χ1v) is 4.65. The van der Waals surface area contributed by atoms with E-state index in [-0.39, 0.29) is 0 Å². The van der Waals surface area contributed by atoms with Crippen molar-refractivity contribution < 1.29 is 4.79 Å². The molecule has 3 heteroatoms. The second-order valence-corrected chi connectivity index (χ2v) is 3.23. The lowest BCUT2D eigenvalue weighted by atomic mass is 10.0. The number of benzene rings is 1. The van der Waals surface area contributed by atoms with Crippen LogP contribution in [0.3, 0.4) is 0 Å².